The van der Waals surface area contributed by atoms with Crippen LogP contribution >= 0.6 is 0 Å². The Balaban J connectivity index is 2.47. The lowest BCUT2D eigenvalue weighted by Crippen LogP contribution is -2.29. The average molecular weight is 243 g/mol. The van der Waals surface area contributed by atoms with Crippen molar-refractivity contribution in [3.05, 3.63) is 52.3 Å². The highest BCUT2D eigenvalue weighted by molar-refractivity contribution is 5.58. The van der Waals surface area contributed by atoms with E-state index in [4.69, 9.17) is 5.73 Å². The SMILES string of the molecule is Cc1ccc(-c2ccc(=O)n(C(C)CN)n2)cc1. The first kappa shape index (κ1) is 12.5. The lowest BCUT2D eigenvalue weighted by molar-refractivity contribution is 0.477. The van der Waals surface area contributed by atoms with E-state index in [0.29, 0.717) is 6.54 Å². The van der Waals surface area contributed by atoms with E-state index in [1.807, 2.05) is 38.1 Å². The number of hydrogen-bond acceptors (Lipinski definition) is 3. The molecule has 2 rings (SSSR count). The van der Waals surface area contributed by atoms with Crippen LogP contribution in [0.25, 0.3) is 11.3 Å². The summed E-state index contributed by atoms with van der Waals surface area (Å²) in [4.78, 5) is 11.7. The van der Waals surface area contributed by atoms with Crippen molar-refractivity contribution in [2.75, 3.05) is 6.54 Å². The van der Waals surface area contributed by atoms with E-state index < -0.39 is 0 Å². The van der Waals surface area contributed by atoms with E-state index in [0.717, 1.165) is 11.3 Å². The Kier molecular flexibility index (Phi) is 3.58. The van der Waals surface area contributed by atoms with Gasteiger partial charge in [0.05, 0.1) is 11.7 Å². The predicted octanol–water partition coefficient (Wildman–Crippen LogP) is 1.74. The van der Waals surface area contributed by atoms with Crippen molar-refractivity contribution >= 4 is 0 Å². The highest BCUT2D eigenvalue weighted by Gasteiger charge is 2.08. The van der Waals surface area contributed by atoms with Crippen LogP contribution in [0.3, 0.4) is 0 Å². The summed E-state index contributed by atoms with van der Waals surface area (Å²) in [6, 6.07) is 11.2. The van der Waals surface area contributed by atoms with E-state index >= 15 is 0 Å². The van der Waals surface area contributed by atoms with Gasteiger partial charge < -0.3 is 5.73 Å². The van der Waals surface area contributed by atoms with Gasteiger partial charge in [-0.2, -0.15) is 5.10 Å². The Hall–Kier alpha value is -1.94. The van der Waals surface area contributed by atoms with Crippen LogP contribution in [-0.2, 0) is 0 Å². The van der Waals surface area contributed by atoms with Gasteiger partial charge in [0.1, 0.15) is 0 Å². The third-order valence-electron chi connectivity index (χ3n) is 2.93. The molecule has 0 radical (unpaired) electrons. The fourth-order valence-electron chi connectivity index (χ4n) is 1.72. The van der Waals surface area contributed by atoms with Crippen molar-refractivity contribution in [1.82, 2.24) is 9.78 Å². The molecule has 1 aromatic heterocycles. The molecule has 0 aliphatic rings. The zero-order chi connectivity index (χ0) is 13.1. The zero-order valence-corrected chi connectivity index (χ0v) is 10.6. The molecule has 0 aliphatic carbocycles. The molecule has 0 saturated heterocycles. The molecular weight excluding hydrogens is 226 g/mol. The topological polar surface area (TPSA) is 60.9 Å². The maximum atomic E-state index is 11.7. The molecular formula is C14H17N3O. The maximum Gasteiger partial charge on any atom is 0.267 e. The van der Waals surface area contributed by atoms with Gasteiger partial charge in [-0.3, -0.25) is 4.79 Å². The summed E-state index contributed by atoms with van der Waals surface area (Å²) in [5.41, 5.74) is 8.44. The van der Waals surface area contributed by atoms with E-state index in [2.05, 4.69) is 5.10 Å². The van der Waals surface area contributed by atoms with Crippen LogP contribution in [0, 0.1) is 6.92 Å². The smallest absolute Gasteiger partial charge is 0.267 e. The summed E-state index contributed by atoms with van der Waals surface area (Å²) in [5.74, 6) is 0. The summed E-state index contributed by atoms with van der Waals surface area (Å²) in [7, 11) is 0. The third-order valence-corrected chi connectivity index (χ3v) is 2.93. The first-order valence-corrected chi connectivity index (χ1v) is 5.99. The predicted molar refractivity (Wildman–Crippen MR) is 72.4 cm³/mol. The third kappa shape index (κ3) is 2.49. The van der Waals surface area contributed by atoms with E-state index in [9.17, 15) is 4.79 Å². The van der Waals surface area contributed by atoms with Crippen LogP contribution < -0.4 is 11.3 Å². The molecule has 0 spiro atoms. The molecule has 4 heteroatoms. The summed E-state index contributed by atoms with van der Waals surface area (Å²) in [6.07, 6.45) is 0. The summed E-state index contributed by atoms with van der Waals surface area (Å²) >= 11 is 0. The van der Waals surface area contributed by atoms with E-state index in [1.165, 1.54) is 16.3 Å². The van der Waals surface area contributed by atoms with E-state index in [1.54, 1.807) is 6.07 Å². The maximum absolute atomic E-state index is 11.7. The summed E-state index contributed by atoms with van der Waals surface area (Å²) in [5, 5.41) is 4.37. The highest BCUT2D eigenvalue weighted by Crippen LogP contribution is 2.16. The van der Waals surface area contributed by atoms with Gasteiger partial charge in [0, 0.05) is 18.2 Å². The van der Waals surface area contributed by atoms with Gasteiger partial charge in [-0.15, -0.1) is 0 Å². The van der Waals surface area contributed by atoms with Crippen molar-refractivity contribution in [2.24, 2.45) is 5.73 Å². The second kappa shape index (κ2) is 5.14. The van der Waals surface area contributed by atoms with Gasteiger partial charge in [0.15, 0.2) is 0 Å². The monoisotopic (exact) mass is 243 g/mol. The highest BCUT2D eigenvalue weighted by atomic mass is 16.1. The Labute approximate surface area is 106 Å². The van der Waals surface area contributed by atoms with Gasteiger partial charge in [0.2, 0.25) is 0 Å². The first-order chi connectivity index (χ1) is 8.61. The average Bonchev–Trinajstić information content (AvgIpc) is 2.39. The second-order valence-corrected chi connectivity index (χ2v) is 4.45. The molecule has 0 aliphatic heterocycles. The number of nitrogens with two attached hydrogens (primary N) is 1. The van der Waals surface area contributed by atoms with Crippen LogP contribution in [-0.4, -0.2) is 16.3 Å². The van der Waals surface area contributed by atoms with Crippen LogP contribution in [0.2, 0.25) is 0 Å². The van der Waals surface area contributed by atoms with Crippen LogP contribution in [0.15, 0.2) is 41.2 Å². The summed E-state index contributed by atoms with van der Waals surface area (Å²) in [6.45, 7) is 4.31. The summed E-state index contributed by atoms with van der Waals surface area (Å²) < 4.78 is 1.44. The first-order valence-electron chi connectivity index (χ1n) is 5.99. The quantitative estimate of drug-likeness (QED) is 0.893. The molecule has 2 aromatic rings. The molecule has 0 fully saturated rings. The van der Waals surface area contributed by atoms with Crippen LogP contribution in [0.4, 0.5) is 0 Å². The molecule has 94 valence electrons. The minimum Gasteiger partial charge on any atom is -0.328 e. The molecule has 1 atom stereocenters. The largest absolute Gasteiger partial charge is 0.328 e. The molecule has 1 heterocycles. The second-order valence-electron chi connectivity index (χ2n) is 4.45. The molecule has 0 amide bonds. The minimum absolute atomic E-state index is 0.0945. The van der Waals surface area contributed by atoms with Crippen molar-refractivity contribution in [3.8, 4) is 11.3 Å². The molecule has 2 N–H and O–H groups in total. The van der Waals surface area contributed by atoms with Crippen LogP contribution in [0.5, 0.6) is 0 Å². The number of rotatable bonds is 3. The lowest BCUT2D eigenvalue weighted by atomic mass is 10.1. The zero-order valence-electron chi connectivity index (χ0n) is 10.6. The Bertz CT molecular complexity index is 587. The number of aryl methyl sites for hydroxylation is 1. The van der Waals surface area contributed by atoms with Crippen molar-refractivity contribution < 1.29 is 0 Å². The van der Waals surface area contributed by atoms with Gasteiger partial charge in [-0.1, -0.05) is 29.8 Å². The van der Waals surface area contributed by atoms with Crippen molar-refractivity contribution in [2.45, 2.75) is 19.9 Å². The molecule has 1 unspecified atom stereocenters. The van der Waals surface area contributed by atoms with Crippen molar-refractivity contribution in [3.63, 3.8) is 0 Å². The Morgan fingerprint density at radius 1 is 1.22 bits per heavy atom. The Morgan fingerprint density at radius 3 is 2.50 bits per heavy atom. The van der Waals surface area contributed by atoms with Crippen molar-refractivity contribution in [1.29, 1.82) is 0 Å². The molecule has 4 nitrogen and oxygen atoms in total. The number of hydrogen-bond donors (Lipinski definition) is 1. The molecule has 0 saturated carbocycles. The number of benzene rings is 1. The molecule has 18 heavy (non-hydrogen) atoms. The van der Waals surface area contributed by atoms with Gasteiger partial charge in [-0.25, -0.2) is 4.68 Å². The van der Waals surface area contributed by atoms with Gasteiger partial charge in [0.25, 0.3) is 5.56 Å². The fraction of sp³-hybridized carbons (Fsp3) is 0.286. The minimum atomic E-state index is -0.121. The van der Waals surface area contributed by atoms with Crippen LogP contribution in [0.1, 0.15) is 18.5 Å². The standard InChI is InChI=1S/C14H17N3O/c1-10-3-5-12(6-4-10)13-7-8-14(18)17(16-13)11(2)9-15/h3-8,11H,9,15H2,1-2H3. The van der Waals surface area contributed by atoms with E-state index in [-0.39, 0.29) is 11.6 Å². The lowest BCUT2D eigenvalue weighted by Gasteiger charge is -2.12. The molecule has 0 bridgehead atoms. The number of nitrogens with zero attached hydrogens (tertiary/aromatic N) is 2. The van der Waals surface area contributed by atoms with Gasteiger partial charge >= 0.3 is 0 Å². The number of aromatic nitrogens is 2. The molecule has 1 aromatic carbocycles. The fourth-order valence-corrected chi connectivity index (χ4v) is 1.72. The normalized spacial score (nSPS) is 12.4. The van der Waals surface area contributed by atoms with Gasteiger partial charge in [-0.05, 0) is 19.9 Å². The Morgan fingerprint density at radius 2 is 1.89 bits per heavy atom.